The Morgan fingerprint density at radius 2 is 2.25 bits per heavy atom. The van der Waals surface area contributed by atoms with Crippen LogP contribution in [0.2, 0.25) is 0 Å². The fourth-order valence-electron chi connectivity index (χ4n) is 2.30. The summed E-state index contributed by atoms with van der Waals surface area (Å²) >= 11 is 0. The summed E-state index contributed by atoms with van der Waals surface area (Å²) in [6, 6.07) is 9.23. The van der Waals surface area contributed by atoms with E-state index in [2.05, 4.69) is 25.6 Å². The number of aromatic amines is 1. The van der Waals surface area contributed by atoms with Crippen LogP contribution in [-0.4, -0.2) is 44.5 Å². The molecule has 0 spiro atoms. The molecule has 3 aromatic rings. The van der Waals surface area contributed by atoms with Crippen molar-refractivity contribution in [3.05, 3.63) is 48.2 Å². The Hall–Kier alpha value is -3.16. The van der Waals surface area contributed by atoms with Crippen molar-refractivity contribution in [3.63, 3.8) is 0 Å². The molecule has 0 unspecified atom stereocenters. The standard InChI is InChI=1S/C16H18N6O2/c1-22-15(18-10-19-22)6-7-17-16(23)14-9-13(20-21-14)11-4-3-5-12(8-11)24-2/h3-5,8-10H,6-7H2,1-2H3,(H,17,23)(H,20,21). The number of benzene rings is 1. The number of aromatic nitrogens is 5. The van der Waals surface area contributed by atoms with Crippen LogP contribution >= 0.6 is 0 Å². The number of nitrogens with zero attached hydrogens (tertiary/aromatic N) is 4. The molecule has 24 heavy (non-hydrogen) atoms. The topological polar surface area (TPSA) is 97.7 Å². The molecule has 0 aliphatic carbocycles. The van der Waals surface area contributed by atoms with Crippen LogP contribution in [-0.2, 0) is 13.5 Å². The third-order valence-electron chi connectivity index (χ3n) is 3.63. The first kappa shape index (κ1) is 15.7. The van der Waals surface area contributed by atoms with Crippen molar-refractivity contribution in [1.29, 1.82) is 0 Å². The van der Waals surface area contributed by atoms with E-state index in [0.717, 1.165) is 17.1 Å². The second-order valence-corrected chi connectivity index (χ2v) is 5.20. The Morgan fingerprint density at radius 3 is 3.00 bits per heavy atom. The van der Waals surface area contributed by atoms with E-state index < -0.39 is 0 Å². The lowest BCUT2D eigenvalue weighted by molar-refractivity contribution is 0.0949. The highest BCUT2D eigenvalue weighted by Gasteiger charge is 2.11. The van der Waals surface area contributed by atoms with Gasteiger partial charge in [-0.3, -0.25) is 14.6 Å². The molecule has 124 valence electrons. The maximum absolute atomic E-state index is 12.2. The van der Waals surface area contributed by atoms with Gasteiger partial charge in [-0.05, 0) is 18.2 Å². The number of H-pyrrole nitrogens is 1. The highest BCUT2D eigenvalue weighted by molar-refractivity contribution is 5.93. The lowest BCUT2D eigenvalue weighted by atomic mass is 10.1. The van der Waals surface area contributed by atoms with E-state index in [1.165, 1.54) is 6.33 Å². The number of carbonyl (C=O) groups excluding carboxylic acids is 1. The minimum Gasteiger partial charge on any atom is -0.497 e. The summed E-state index contributed by atoms with van der Waals surface area (Å²) in [5, 5.41) is 13.8. The van der Waals surface area contributed by atoms with Gasteiger partial charge in [-0.1, -0.05) is 12.1 Å². The maximum atomic E-state index is 12.2. The minimum absolute atomic E-state index is 0.209. The Morgan fingerprint density at radius 1 is 1.38 bits per heavy atom. The van der Waals surface area contributed by atoms with Crippen LogP contribution in [0, 0.1) is 0 Å². The van der Waals surface area contributed by atoms with Gasteiger partial charge in [0.05, 0.1) is 12.8 Å². The van der Waals surface area contributed by atoms with Crippen molar-refractivity contribution in [1.82, 2.24) is 30.3 Å². The van der Waals surface area contributed by atoms with Crippen LogP contribution in [0.3, 0.4) is 0 Å². The SMILES string of the molecule is COc1cccc(-c2cc(C(=O)NCCc3ncnn3C)[nH]n2)c1. The van der Waals surface area contributed by atoms with Gasteiger partial charge in [0.1, 0.15) is 23.6 Å². The van der Waals surface area contributed by atoms with E-state index in [-0.39, 0.29) is 5.91 Å². The van der Waals surface area contributed by atoms with Crippen molar-refractivity contribution < 1.29 is 9.53 Å². The van der Waals surface area contributed by atoms with Crippen molar-refractivity contribution in [2.24, 2.45) is 7.05 Å². The monoisotopic (exact) mass is 326 g/mol. The van der Waals surface area contributed by atoms with Crippen molar-refractivity contribution in [2.75, 3.05) is 13.7 Å². The second kappa shape index (κ2) is 6.95. The van der Waals surface area contributed by atoms with Crippen LogP contribution in [0.4, 0.5) is 0 Å². The summed E-state index contributed by atoms with van der Waals surface area (Å²) in [5.74, 6) is 1.35. The first-order valence-electron chi connectivity index (χ1n) is 7.48. The highest BCUT2D eigenvalue weighted by atomic mass is 16.5. The van der Waals surface area contributed by atoms with Crippen molar-refractivity contribution >= 4 is 5.91 Å². The number of methoxy groups -OCH3 is 1. The van der Waals surface area contributed by atoms with Gasteiger partial charge in [0.2, 0.25) is 0 Å². The molecule has 0 fully saturated rings. The molecule has 0 radical (unpaired) electrons. The zero-order chi connectivity index (χ0) is 16.9. The Bertz CT molecular complexity index is 838. The number of ether oxygens (including phenoxy) is 1. The molecule has 3 rings (SSSR count). The van der Waals surface area contributed by atoms with Crippen LogP contribution in [0.25, 0.3) is 11.3 Å². The number of hydrogen-bond donors (Lipinski definition) is 2. The Labute approximate surface area is 138 Å². The summed E-state index contributed by atoms with van der Waals surface area (Å²) in [5.41, 5.74) is 1.97. The highest BCUT2D eigenvalue weighted by Crippen LogP contribution is 2.22. The molecular formula is C16H18N6O2. The van der Waals surface area contributed by atoms with Gasteiger partial charge in [0.25, 0.3) is 5.91 Å². The van der Waals surface area contributed by atoms with E-state index in [4.69, 9.17) is 4.74 Å². The smallest absolute Gasteiger partial charge is 0.269 e. The quantitative estimate of drug-likeness (QED) is 0.709. The lowest BCUT2D eigenvalue weighted by Crippen LogP contribution is -2.26. The van der Waals surface area contributed by atoms with E-state index in [1.54, 1.807) is 17.9 Å². The average molecular weight is 326 g/mol. The number of hydrogen-bond acceptors (Lipinski definition) is 5. The summed E-state index contributed by atoms with van der Waals surface area (Å²) < 4.78 is 6.88. The third kappa shape index (κ3) is 3.43. The van der Waals surface area contributed by atoms with E-state index in [9.17, 15) is 4.79 Å². The maximum Gasteiger partial charge on any atom is 0.269 e. The van der Waals surface area contributed by atoms with Crippen molar-refractivity contribution in [2.45, 2.75) is 6.42 Å². The molecule has 1 aromatic carbocycles. The molecular weight excluding hydrogens is 308 g/mol. The molecule has 2 N–H and O–H groups in total. The van der Waals surface area contributed by atoms with Crippen LogP contribution in [0.1, 0.15) is 16.3 Å². The summed E-state index contributed by atoms with van der Waals surface area (Å²) in [6.07, 6.45) is 2.10. The molecule has 8 nitrogen and oxygen atoms in total. The minimum atomic E-state index is -0.209. The van der Waals surface area contributed by atoms with Gasteiger partial charge in [-0.15, -0.1) is 0 Å². The Balaban J connectivity index is 1.62. The number of rotatable bonds is 6. The predicted octanol–water partition coefficient (Wildman–Crippen LogP) is 1.19. The average Bonchev–Trinajstić information content (AvgIpc) is 3.24. The second-order valence-electron chi connectivity index (χ2n) is 5.20. The molecule has 0 aliphatic rings. The zero-order valence-corrected chi connectivity index (χ0v) is 13.5. The molecule has 0 saturated carbocycles. The normalized spacial score (nSPS) is 10.6. The predicted molar refractivity (Wildman–Crippen MR) is 87.6 cm³/mol. The lowest BCUT2D eigenvalue weighted by Gasteiger charge is -2.03. The van der Waals surface area contributed by atoms with E-state index >= 15 is 0 Å². The largest absolute Gasteiger partial charge is 0.497 e. The first-order chi connectivity index (χ1) is 11.7. The molecule has 0 aliphatic heterocycles. The molecule has 2 heterocycles. The molecule has 0 saturated heterocycles. The van der Waals surface area contributed by atoms with Crippen molar-refractivity contribution in [3.8, 4) is 17.0 Å². The summed E-state index contributed by atoms with van der Waals surface area (Å²) in [4.78, 5) is 16.3. The molecule has 0 bridgehead atoms. The zero-order valence-electron chi connectivity index (χ0n) is 13.5. The van der Waals surface area contributed by atoms with Gasteiger partial charge in [-0.25, -0.2) is 4.98 Å². The molecule has 0 atom stereocenters. The van der Waals surface area contributed by atoms with Gasteiger partial charge >= 0.3 is 0 Å². The van der Waals surface area contributed by atoms with Crippen LogP contribution < -0.4 is 10.1 Å². The summed E-state index contributed by atoms with van der Waals surface area (Å²) in [6.45, 7) is 0.471. The van der Waals surface area contributed by atoms with E-state index in [1.807, 2.05) is 31.3 Å². The molecule has 2 aromatic heterocycles. The number of aryl methyl sites for hydroxylation is 1. The Kier molecular flexibility index (Phi) is 4.55. The van der Waals surface area contributed by atoms with E-state index in [0.29, 0.717) is 24.4 Å². The van der Waals surface area contributed by atoms with Gasteiger partial charge < -0.3 is 10.1 Å². The number of nitrogens with one attached hydrogen (secondary N) is 2. The first-order valence-corrected chi connectivity index (χ1v) is 7.48. The third-order valence-corrected chi connectivity index (χ3v) is 3.63. The molecule has 8 heteroatoms. The number of amides is 1. The van der Waals surface area contributed by atoms with Gasteiger partial charge in [-0.2, -0.15) is 10.2 Å². The number of carbonyl (C=O) groups is 1. The van der Waals surface area contributed by atoms with Gasteiger partial charge in [0, 0.05) is 25.6 Å². The van der Waals surface area contributed by atoms with Crippen LogP contribution in [0.15, 0.2) is 36.7 Å². The van der Waals surface area contributed by atoms with Crippen LogP contribution in [0.5, 0.6) is 5.75 Å². The fraction of sp³-hybridized carbons (Fsp3) is 0.250. The fourth-order valence-corrected chi connectivity index (χ4v) is 2.30. The molecule has 1 amide bonds. The summed E-state index contributed by atoms with van der Waals surface area (Å²) in [7, 11) is 3.43. The van der Waals surface area contributed by atoms with Gasteiger partial charge in [0.15, 0.2) is 0 Å².